The number of likely N-dealkylation sites (N-methyl/N-ethyl adjacent to an activating group) is 2. The Morgan fingerprint density at radius 3 is 2.09 bits per heavy atom. The second kappa shape index (κ2) is 19.3. The van der Waals surface area contributed by atoms with Crippen molar-refractivity contribution in [2.24, 2.45) is 17.8 Å². The van der Waals surface area contributed by atoms with Gasteiger partial charge in [-0.3, -0.25) is 4.79 Å². The molecule has 0 aliphatic carbocycles. The van der Waals surface area contributed by atoms with Gasteiger partial charge in [0.25, 0.3) is 0 Å². The Balaban J connectivity index is 0.00000972. The molecule has 0 unspecified atom stereocenters. The molecule has 18 atom stereocenters. The summed E-state index contributed by atoms with van der Waals surface area (Å²) in [5, 5.41) is 58.1. The quantitative estimate of drug-likeness (QED) is 0.186. The van der Waals surface area contributed by atoms with Crippen LogP contribution in [-0.4, -0.2) is 166 Å². The summed E-state index contributed by atoms with van der Waals surface area (Å²) in [7, 11) is 7.12. The molecular weight excluding hydrogens is 740 g/mol. The van der Waals surface area contributed by atoms with Gasteiger partial charge in [-0.15, -0.1) is 0 Å². The van der Waals surface area contributed by atoms with Crippen LogP contribution < -0.4 is 0 Å². The molecule has 0 aromatic carbocycles. The molecule has 3 rings (SSSR count). The normalized spacial score (nSPS) is 48.7. The topological polar surface area (TPSA) is 180 Å². The van der Waals surface area contributed by atoms with Crippen LogP contribution in [0.5, 0.6) is 0 Å². The predicted octanol–water partition coefficient (Wildman–Crippen LogP) is 1.90. The van der Waals surface area contributed by atoms with Crippen molar-refractivity contribution in [1.29, 1.82) is 0 Å². The van der Waals surface area contributed by atoms with E-state index in [1.54, 1.807) is 41.5 Å². The van der Waals surface area contributed by atoms with Gasteiger partial charge < -0.3 is 63.8 Å². The molecule has 15 heteroatoms. The van der Waals surface area contributed by atoms with Crippen molar-refractivity contribution in [2.75, 3.05) is 34.8 Å². The van der Waals surface area contributed by atoms with Gasteiger partial charge in [0, 0.05) is 55.1 Å². The van der Waals surface area contributed by atoms with Crippen molar-refractivity contribution in [3.05, 3.63) is 0 Å². The van der Waals surface area contributed by atoms with Crippen molar-refractivity contribution in [1.82, 2.24) is 9.80 Å². The smallest absolute Gasteiger partial charge is 0.311 e. The molecular formula is C38H72CuN2O12. The Bertz CT molecular complexity index is 1150. The monoisotopic (exact) mass is 811 g/mol. The third-order valence-corrected chi connectivity index (χ3v) is 12.2. The molecule has 53 heavy (non-hydrogen) atoms. The number of esters is 1. The first-order chi connectivity index (χ1) is 23.9. The van der Waals surface area contributed by atoms with Crippen LogP contribution in [0.25, 0.3) is 0 Å². The van der Waals surface area contributed by atoms with Crippen LogP contribution in [0.2, 0.25) is 0 Å². The van der Waals surface area contributed by atoms with E-state index >= 15 is 0 Å². The SMILES string of the molecule is CC[C@H]1OC(=O)[C@H](C)[C@@H](O[C@H]2C[C@@](C)(OC)[C@@H](O)[C@H](C)O2)[C@H](C)[C@@H](O[C@@H]2O[C@H](C)C[C@H](N(C)C)[C@H]2O)[C@](C)(O)C[C@@H](C)CN(C)[C@H](C)[C@@H](O)[C@]1(C)O.[Cu]. The summed E-state index contributed by atoms with van der Waals surface area (Å²) >= 11 is 0. The standard InChI is InChI=1S/C38H72N2O12.Cu/c1-15-27-38(10,46)31(42)24(6)40(13)19-20(2)17-36(8,45)33(52-35-29(41)26(39(11)12)16-21(3)48-35)22(4)30(23(5)34(44)50-27)51-28-18-37(9,47-14)32(43)25(7)49-28;/h20-33,35,41-43,45-46H,15-19H2,1-14H3;/t20-,21-,22+,23-,24-,25+,26+,27-,28+,29-,30+,31-,32+,33-,35+,36-,37-,38-;/m1./s1. The maximum Gasteiger partial charge on any atom is 0.311 e. The minimum absolute atomic E-state index is 0. The molecule has 0 bridgehead atoms. The number of methoxy groups -OCH3 is 1. The number of aliphatic hydroxyl groups excluding tert-OH is 3. The Morgan fingerprint density at radius 1 is 0.943 bits per heavy atom. The van der Waals surface area contributed by atoms with E-state index in [0.29, 0.717) is 13.0 Å². The molecule has 3 fully saturated rings. The van der Waals surface area contributed by atoms with Crippen molar-refractivity contribution in [3.8, 4) is 0 Å². The Kier molecular flexibility index (Phi) is 17.7. The van der Waals surface area contributed by atoms with E-state index in [2.05, 4.69) is 0 Å². The van der Waals surface area contributed by atoms with E-state index in [4.69, 9.17) is 28.4 Å². The van der Waals surface area contributed by atoms with Crippen LogP contribution in [0.1, 0.15) is 94.9 Å². The molecule has 0 aromatic heterocycles. The van der Waals surface area contributed by atoms with Gasteiger partial charge in [-0.2, -0.15) is 0 Å². The number of cyclic esters (lactones) is 1. The fraction of sp³-hybridized carbons (Fsp3) is 0.974. The second-order valence-corrected chi connectivity index (χ2v) is 17.2. The van der Waals surface area contributed by atoms with Crippen molar-refractivity contribution < 1.29 is 75.8 Å². The fourth-order valence-electron chi connectivity index (χ4n) is 8.74. The Labute approximate surface area is 328 Å². The number of rotatable bonds is 7. The number of ether oxygens (including phenoxy) is 6. The summed E-state index contributed by atoms with van der Waals surface area (Å²) in [6.07, 6.45) is -8.19. The van der Waals surface area contributed by atoms with Gasteiger partial charge in [0.2, 0.25) is 0 Å². The van der Waals surface area contributed by atoms with Crippen molar-refractivity contribution in [2.45, 2.75) is 185 Å². The first-order valence-electron chi connectivity index (χ1n) is 19.1. The zero-order valence-corrected chi connectivity index (χ0v) is 35.4. The van der Waals surface area contributed by atoms with Gasteiger partial charge in [-0.05, 0) is 94.8 Å². The maximum atomic E-state index is 14.2. The summed E-state index contributed by atoms with van der Waals surface area (Å²) in [6.45, 7) is 18.0. The number of carbonyl (C=O) groups excluding carboxylic acids is 1. The molecule has 5 N–H and O–H groups in total. The fourth-order valence-corrected chi connectivity index (χ4v) is 8.74. The second-order valence-electron chi connectivity index (χ2n) is 17.2. The van der Waals surface area contributed by atoms with Crippen LogP contribution in [0, 0.1) is 17.8 Å². The molecule has 3 heterocycles. The molecule has 14 nitrogen and oxygen atoms in total. The molecule has 3 aliphatic heterocycles. The van der Waals surface area contributed by atoms with Crippen LogP contribution in [0.4, 0.5) is 0 Å². The summed E-state index contributed by atoms with van der Waals surface area (Å²) in [5.74, 6) is -2.58. The van der Waals surface area contributed by atoms with Gasteiger partial charge in [0.05, 0.1) is 41.5 Å². The Morgan fingerprint density at radius 2 is 1.55 bits per heavy atom. The van der Waals surface area contributed by atoms with E-state index in [1.807, 2.05) is 51.7 Å². The molecule has 0 amide bonds. The summed E-state index contributed by atoms with van der Waals surface area (Å²) < 4.78 is 37.5. The summed E-state index contributed by atoms with van der Waals surface area (Å²) in [4.78, 5) is 18.0. The Hall–Kier alpha value is -0.491. The first-order valence-corrected chi connectivity index (χ1v) is 19.1. The van der Waals surface area contributed by atoms with Gasteiger partial charge in [-0.1, -0.05) is 20.8 Å². The van der Waals surface area contributed by atoms with Gasteiger partial charge in [0.1, 0.15) is 30.0 Å². The minimum Gasteiger partial charge on any atom is -0.459 e. The summed E-state index contributed by atoms with van der Waals surface area (Å²) in [6, 6.07) is -0.808. The van der Waals surface area contributed by atoms with Crippen LogP contribution >= 0.6 is 0 Å². The van der Waals surface area contributed by atoms with Crippen LogP contribution in [0.3, 0.4) is 0 Å². The number of hydrogen-bond acceptors (Lipinski definition) is 14. The van der Waals surface area contributed by atoms with Crippen molar-refractivity contribution >= 4 is 5.97 Å². The molecule has 0 spiro atoms. The van der Waals surface area contributed by atoms with E-state index in [9.17, 15) is 30.3 Å². The van der Waals surface area contributed by atoms with E-state index in [0.717, 1.165) is 0 Å². The molecule has 0 saturated carbocycles. The van der Waals surface area contributed by atoms with Gasteiger partial charge in [-0.25, -0.2) is 0 Å². The third kappa shape index (κ3) is 11.1. The average Bonchev–Trinajstić information content (AvgIpc) is 3.05. The molecule has 317 valence electrons. The third-order valence-electron chi connectivity index (χ3n) is 12.2. The maximum absolute atomic E-state index is 14.2. The zero-order valence-electron chi connectivity index (χ0n) is 34.5. The summed E-state index contributed by atoms with van der Waals surface area (Å²) in [5.41, 5.74) is -4.37. The van der Waals surface area contributed by atoms with Crippen molar-refractivity contribution in [3.63, 3.8) is 0 Å². The molecule has 0 aromatic rings. The van der Waals surface area contributed by atoms with Gasteiger partial charge >= 0.3 is 5.97 Å². The van der Waals surface area contributed by atoms with E-state index < -0.39 is 96.0 Å². The number of nitrogens with zero attached hydrogens (tertiary/aromatic N) is 2. The predicted molar refractivity (Wildman–Crippen MR) is 194 cm³/mol. The number of aliphatic hydroxyl groups is 5. The number of carbonyl (C=O) groups is 1. The van der Waals surface area contributed by atoms with Gasteiger partial charge in [0.15, 0.2) is 12.6 Å². The molecule has 3 aliphatic rings. The van der Waals surface area contributed by atoms with E-state index in [-0.39, 0.29) is 54.4 Å². The van der Waals surface area contributed by atoms with Crippen LogP contribution in [-0.2, 0) is 50.3 Å². The zero-order chi connectivity index (χ0) is 39.7. The molecule has 1 radical (unpaired) electrons. The minimum atomic E-state index is -1.80. The average molecular weight is 813 g/mol. The first kappa shape index (κ1) is 48.7. The molecule has 3 saturated heterocycles. The van der Waals surface area contributed by atoms with Crippen LogP contribution in [0.15, 0.2) is 0 Å². The largest absolute Gasteiger partial charge is 0.459 e. The number of hydrogen-bond donors (Lipinski definition) is 5. The van der Waals surface area contributed by atoms with E-state index in [1.165, 1.54) is 14.0 Å².